The van der Waals surface area contributed by atoms with Crippen molar-refractivity contribution in [3.63, 3.8) is 0 Å². The van der Waals surface area contributed by atoms with Gasteiger partial charge < -0.3 is 10.5 Å². The summed E-state index contributed by atoms with van der Waals surface area (Å²) >= 11 is 0. The fraction of sp³-hybridized carbons (Fsp3) is 0.200. The van der Waals surface area contributed by atoms with Gasteiger partial charge in [-0.25, -0.2) is 0 Å². The summed E-state index contributed by atoms with van der Waals surface area (Å²) in [6.45, 7) is 0.501. The van der Waals surface area contributed by atoms with Gasteiger partial charge >= 0.3 is 0 Å². The SMILES string of the molecule is C#Cc1ccc(CN)cc1OC. The number of ether oxygens (including phenoxy) is 1. The number of terminal acetylenes is 1. The smallest absolute Gasteiger partial charge is 0.134 e. The number of nitrogens with two attached hydrogens (primary N) is 1. The molecule has 0 radical (unpaired) electrons. The molecule has 0 fully saturated rings. The van der Waals surface area contributed by atoms with Gasteiger partial charge in [0.05, 0.1) is 12.7 Å². The highest BCUT2D eigenvalue weighted by Crippen LogP contribution is 2.18. The van der Waals surface area contributed by atoms with Crippen LogP contribution in [-0.2, 0) is 6.54 Å². The summed E-state index contributed by atoms with van der Waals surface area (Å²) in [5, 5.41) is 0. The van der Waals surface area contributed by atoms with Crippen molar-refractivity contribution in [3.05, 3.63) is 29.3 Å². The summed E-state index contributed by atoms with van der Waals surface area (Å²) in [7, 11) is 1.59. The molecule has 1 rings (SSSR count). The molecular weight excluding hydrogens is 150 g/mol. The van der Waals surface area contributed by atoms with Crippen molar-refractivity contribution in [1.82, 2.24) is 0 Å². The van der Waals surface area contributed by atoms with Crippen LogP contribution in [0, 0.1) is 12.3 Å². The Labute approximate surface area is 72.3 Å². The molecule has 0 saturated heterocycles. The van der Waals surface area contributed by atoms with E-state index in [2.05, 4.69) is 5.92 Å². The molecule has 0 saturated carbocycles. The van der Waals surface area contributed by atoms with Crippen LogP contribution in [0.5, 0.6) is 5.75 Å². The second-order valence-corrected chi connectivity index (χ2v) is 2.38. The highest BCUT2D eigenvalue weighted by Gasteiger charge is 1.99. The summed E-state index contributed by atoms with van der Waals surface area (Å²) in [6, 6.07) is 5.59. The van der Waals surface area contributed by atoms with Crippen molar-refractivity contribution in [1.29, 1.82) is 0 Å². The molecule has 0 aliphatic rings. The molecule has 62 valence electrons. The van der Waals surface area contributed by atoms with Gasteiger partial charge in [-0.2, -0.15) is 0 Å². The third-order valence-corrected chi connectivity index (χ3v) is 1.66. The lowest BCUT2D eigenvalue weighted by molar-refractivity contribution is 0.413. The molecule has 2 heteroatoms. The summed E-state index contributed by atoms with van der Waals surface area (Å²) in [5.74, 6) is 3.24. The van der Waals surface area contributed by atoms with E-state index in [1.54, 1.807) is 7.11 Å². The van der Waals surface area contributed by atoms with Crippen LogP contribution in [-0.4, -0.2) is 7.11 Å². The van der Waals surface area contributed by atoms with Crippen LogP contribution >= 0.6 is 0 Å². The molecule has 0 amide bonds. The van der Waals surface area contributed by atoms with E-state index >= 15 is 0 Å². The lowest BCUT2D eigenvalue weighted by Crippen LogP contribution is -1.97. The first-order valence-corrected chi connectivity index (χ1v) is 3.65. The van der Waals surface area contributed by atoms with Gasteiger partial charge in [0.15, 0.2) is 0 Å². The third-order valence-electron chi connectivity index (χ3n) is 1.66. The number of methoxy groups -OCH3 is 1. The minimum absolute atomic E-state index is 0.501. The quantitative estimate of drug-likeness (QED) is 0.660. The zero-order valence-corrected chi connectivity index (χ0v) is 7.00. The molecule has 0 heterocycles. The maximum absolute atomic E-state index is 5.46. The highest BCUT2D eigenvalue weighted by molar-refractivity contribution is 5.46. The zero-order valence-electron chi connectivity index (χ0n) is 7.00. The minimum atomic E-state index is 0.501. The number of rotatable bonds is 2. The van der Waals surface area contributed by atoms with E-state index in [1.165, 1.54) is 0 Å². The predicted molar refractivity (Wildman–Crippen MR) is 48.8 cm³/mol. The first-order valence-electron chi connectivity index (χ1n) is 3.65. The Morgan fingerprint density at radius 2 is 2.33 bits per heavy atom. The fourth-order valence-corrected chi connectivity index (χ4v) is 0.982. The van der Waals surface area contributed by atoms with Crippen LogP contribution in [0.3, 0.4) is 0 Å². The van der Waals surface area contributed by atoms with Crippen LogP contribution in [0.2, 0.25) is 0 Å². The fourth-order valence-electron chi connectivity index (χ4n) is 0.982. The maximum atomic E-state index is 5.46. The summed E-state index contributed by atoms with van der Waals surface area (Å²) < 4.78 is 5.08. The van der Waals surface area contributed by atoms with Gasteiger partial charge in [0.2, 0.25) is 0 Å². The molecule has 0 aromatic heterocycles. The largest absolute Gasteiger partial charge is 0.495 e. The normalized spacial score (nSPS) is 9.08. The zero-order chi connectivity index (χ0) is 8.97. The maximum Gasteiger partial charge on any atom is 0.134 e. The van der Waals surface area contributed by atoms with E-state index in [0.29, 0.717) is 12.3 Å². The van der Waals surface area contributed by atoms with Crippen molar-refractivity contribution in [2.45, 2.75) is 6.54 Å². The summed E-state index contributed by atoms with van der Waals surface area (Å²) in [4.78, 5) is 0. The second kappa shape index (κ2) is 3.80. The lowest BCUT2D eigenvalue weighted by Gasteiger charge is -2.04. The Bertz CT molecular complexity index is 312. The average molecular weight is 161 g/mol. The van der Waals surface area contributed by atoms with E-state index < -0.39 is 0 Å². The Balaban J connectivity index is 3.13. The van der Waals surface area contributed by atoms with Gasteiger partial charge in [-0.1, -0.05) is 12.0 Å². The highest BCUT2D eigenvalue weighted by atomic mass is 16.5. The molecule has 1 aromatic carbocycles. The van der Waals surface area contributed by atoms with Gasteiger partial charge in [0.25, 0.3) is 0 Å². The standard InChI is InChI=1S/C10H11NO/c1-3-9-5-4-8(7-11)6-10(9)12-2/h1,4-6H,7,11H2,2H3. The van der Waals surface area contributed by atoms with Crippen LogP contribution < -0.4 is 10.5 Å². The number of hydrogen-bond donors (Lipinski definition) is 1. The van der Waals surface area contributed by atoms with Crippen LogP contribution in [0.1, 0.15) is 11.1 Å². The van der Waals surface area contributed by atoms with Gasteiger partial charge in [-0.15, -0.1) is 6.42 Å². The van der Waals surface area contributed by atoms with E-state index in [4.69, 9.17) is 16.9 Å². The van der Waals surface area contributed by atoms with Crippen molar-refractivity contribution >= 4 is 0 Å². The Hall–Kier alpha value is -1.46. The van der Waals surface area contributed by atoms with Crippen molar-refractivity contribution in [2.75, 3.05) is 7.11 Å². The Kier molecular flexibility index (Phi) is 2.73. The van der Waals surface area contributed by atoms with Gasteiger partial charge in [0.1, 0.15) is 5.75 Å². The lowest BCUT2D eigenvalue weighted by atomic mass is 10.1. The van der Waals surface area contributed by atoms with Crippen molar-refractivity contribution < 1.29 is 4.74 Å². The Morgan fingerprint density at radius 3 is 2.83 bits per heavy atom. The van der Waals surface area contributed by atoms with E-state index in [-0.39, 0.29) is 0 Å². The van der Waals surface area contributed by atoms with Gasteiger partial charge in [-0.3, -0.25) is 0 Å². The summed E-state index contributed by atoms with van der Waals surface area (Å²) in [5.41, 5.74) is 7.24. The summed E-state index contributed by atoms with van der Waals surface area (Å²) in [6.07, 6.45) is 5.26. The molecule has 1 aromatic rings. The second-order valence-electron chi connectivity index (χ2n) is 2.38. The molecule has 0 aliphatic carbocycles. The van der Waals surface area contributed by atoms with E-state index in [9.17, 15) is 0 Å². The predicted octanol–water partition coefficient (Wildman–Crippen LogP) is 1.14. The van der Waals surface area contributed by atoms with Crippen molar-refractivity contribution in [3.8, 4) is 18.1 Å². The molecule has 2 N–H and O–H groups in total. The van der Waals surface area contributed by atoms with Gasteiger partial charge in [-0.05, 0) is 17.7 Å². The minimum Gasteiger partial charge on any atom is -0.495 e. The van der Waals surface area contributed by atoms with Crippen LogP contribution in [0.15, 0.2) is 18.2 Å². The third kappa shape index (κ3) is 1.58. The molecule has 0 bridgehead atoms. The molecule has 0 aliphatic heterocycles. The van der Waals surface area contributed by atoms with Crippen LogP contribution in [0.4, 0.5) is 0 Å². The van der Waals surface area contributed by atoms with Gasteiger partial charge in [0, 0.05) is 6.54 Å². The van der Waals surface area contributed by atoms with E-state index in [1.807, 2.05) is 18.2 Å². The molecular formula is C10H11NO. The topological polar surface area (TPSA) is 35.2 Å². The monoisotopic (exact) mass is 161 g/mol. The number of hydrogen-bond acceptors (Lipinski definition) is 2. The Morgan fingerprint density at radius 1 is 1.58 bits per heavy atom. The molecule has 12 heavy (non-hydrogen) atoms. The van der Waals surface area contributed by atoms with Crippen molar-refractivity contribution in [2.24, 2.45) is 5.73 Å². The van der Waals surface area contributed by atoms with Crippen LogP contribution in [0.25, 0.3) is 0 Å². The molecule has 0 atom stereocenters. The molecule has 0 spiro atoms. The number of benzene rings is 1. The molecule has 0 unspecified atom stereocenters. The average Bonchev–Trinajstić information content (AvgIpc) is 2.16. The first kappa shape index (κ1) is 8.63. The van der Waals surface area contributed by atoms with E-state index in [0.717, 1.165) is 11.1 Å². The molecule has 2 nitrogen and oxygen atoms in total. The first-order chi connectivity index (χ1) is 5.81.